The molecule has 0 bridgehead atoms. The predicted molar refractivity (Wildman–Crippen MR) is 50.9 cm³/mol. The number of hydrogen-bond donors (Lipinski definition) is 2. The Hall–Kier alpha value is -1.64. The van der Waals surface area contributed by atoms with E-state index in [9.17, 15) is 10.2 Å². The molecule has 2 rings (SSSR count). The number of fused-ring (bicyclic) bond motifs is 1. The van der Waals surface area contributed by atoms with Gasteiger partial charge in [0, 0.05) is 18.1 Å². The Kier molecular flexibility index (Phi) is 1.65. The Morgan fingerprint density at radius 2 is 2.08 bits per heavy atom. The molecular formula is C10H11NO2. The number of benzene rings is 1. The van der Waals surface area contributed by atoms with Gasteiger partial charge in [0.2, 0.25) is 0 Å². The van der Waals surface area contributed by atoms with Crippen molar-refractivity contribution in [2.45, 2.75) is 13.5 Å². The maximum absolute atomic E-state index is 9.52. The van der Waals surface area contributed by atoms with Crippen molar-refractivity contribution in [1.82, 2.24) is 4.57 Å². The van der Waals surface area contributed by atoms with E-state index in [1.54, 1.807) is 24.4 Å². The minimum atomic E-state index is 0.177. The number of phenolic OH excluding ortho intramolecular Hbond substituents is 1. The van der Waals surface area contributed by atoms with Crippen LogP contribution in [-0.2, 0) is 6.54 Å². The Balaban J connectivity index is 2.80. The average molecular weight is 177 g/mol. The van der Waals surface area contributed by atoms with Gasteiger partial charge in [0.05, 0.1) is 5.52 Å². The molecule has 0 saturated heterocycles. The van der Waals surface area contributed by atoms with Crippen molar-refractivity contribution in [3.8, 4) is 11.5 Å². The molecule has 1 heterocycles. The molecule has 0 spiro atoms. The Morgan fingerprint density at radius 3 is 2.77 bits per heavy atom. The molecule has 0 amide bonds. The van der Waals surface area contributed by atoms with Crippen molar-refractivity contribution in [2.75, 3.05) is 0 Å². The fraction of sp³-hybridized carbons (Fsp3) is 0.200. The summed E-state index contributed by atoms with van der Waals surface area (Å²) in [5.74, 6) is 0.393. The summed E-state index contributed by atoms with van der Waals surface area (Å²) in [5, 5.41) is 19.4. The Bertz CT molecular complexity index is 445. The van der Waals surface area contributed by atoms with Gasteiger partial charge >= 0.3 is 0 Å². The molecule has 0 aliphatic rings. The van der Waals surface area contributed by atoms with Crippen LogP contribution in [0.15, 0.2) is 24.4 Å². The first-order valence-electron chi connectivity index (χ1n) is 4.23. The third kappa shape index (κ3) is 1.13. The van der Waals surface area contributed by atoms with Crippen molar-refractivity contribution in [3.05, 3.63) is 24.4 Å². The van der Waals surface area contributed by atoms with Crippen LogP contribution < -0.4 is 0 Å². The van der Waals surface area contributed by atoms with Crippen LogP contribution in [0.2, 0.25) is 0 Å². The molecule has 0 atom stereocenters. The van der Waals surface area contributed by atoms with Crippen LogP contribution in [0.25, 0.3) is 10.9 Å². The van der Waals surface area contributed by atoms with Gasteiger partial charge in [0.15, 0.2) is 0 Å². The van der Waals surface area contributed by atoms with E-state index >= 15 is 0 Å². The Labute approximate surface area is 75.9 Å². The smallest absolute Gasteiger partial charge is 0.141 e. The molecule has 1 aromatic heterocycles. The van der Waals surface area contributed by atoms with Crippen LogP contribution in [0.5, 0.6) is 11.5 Å². The summed E-state index contributed by atoms with van der Waals surface area (Å²) in [7, 11) is 0. The first-order chi connectivity index (χ1) is 6.22. The van der Waals surface area contributed by atoms with Crippen molar-refractivity contribution < 1.29 is 10.2 Å². The second-order valence-electron chi connectivity index (χ2n) is 3.00. The van der Waals surface area contributed by atoms with Crippen LogP contribution in [0.3, 0.4) is 0 Å². The monoisotopic (exact) mass is 177 g/mol. The fourth-order valence-corrected chi connectivity index (χ4v) is 1.53. The van der Waals surface area contributed by atoms with Gasteiger partial charge in [0.25, 0.3) is 0 Å². The summed E-state index contributed by atoms with van der Waals surface area (Å²) < 4.78 is 1.93. The predicted octanol–water partition coefficient (Wildman–Crippen LogP) is 2.07. The fourth-order valence-electron chi connectivity index (χ4n) is 1.53. The van der Waals surface area contributed by atoms with Gasteiger partial charge in [-0.15, -0.1) is 0 Å². The van der Waals surface area contributed by atoms with Crippen molar-refractivity contribution >= 4 is 10.9 Å². The van der Waals surface area contributed by atoms with Gasteiger partial charge in [-0.25, -0.2) is 0 Å². The lowest BCUT2D eigenvalue weighted by Crippen LogP contribution is -1.89. The second kappa shape index (κ2) is 2.69. The van der Waals surface area contributed by atoms with E-state index < -0.39 is 0 Å². The number of phenols is 1. The third-order valence-corrected chi connectivity index (χ3v) is 2.18. The van der Waals surface area contributed by atoms with E-state index in [1.165, 1.54) is 0 Å². The maximum Gasteiger partial charge on any atom is 0.141 e. The molecule has 0 fully saturated rings. The van der Waals surface area contributed by atoms with E-state index in [-0.39, 0.29) is 11.5 Å². The molecule has 3 heteroatoms. The molecule has 0 aliphatic heterocycles. The van der Waals surface area contributed by atoms with Gasteiger partial charge in [-0.1, -0.05) is 0 Å². The second-order valence-corrected chi connectivity index (χ2v) is 3.00. The standard InChI is InChI=1S/C10H11NO2/c1-2-11-6-10(13)8-5-7(12)3-4-9(8)11/h3-6,12-13H,2H2,1H3. The summed E-state index contributed by atoms with van der Waals surface area (Å²) in [5.41, 5.74) is 0.942. The number of aromatic hydroxyl groups is 2. The third-order valence-electron chi connectivity index (χ3n) is 2.18. The number of aromatic nitrogens is 1. The molecule has 2 N–H and O–H groups in total. The molecule has 3 nitrogen and oxygen atoms in total. The minimum absolute atomic E-state index is 0.177. The molecule has 0 saturated carbocycles. The van der Waals surface area contributed by atoms with Crippen LogP contribution in [0, 0.1) is 0 Å². The largest absolute Gasteiger partial charge is 0.508 e. The van der Waals surface area contributed by atoms with Gasteiger partial charge in [-0.3, -0.25) is 0 Å². The normalized spacial score (nSPS) is 10.8. The number of nitrogens with zero attached hydrogens (tertiary/aromatic N) is 1. The van der Waals surface area contributed by atoms with Gasteiger partial charge in [-0.05, 0) is 25.1 Å². The van der Waals surface area contributed by atoms with Crippen LogP contribution in [0.1, 0.15) is 6.92 Å². The summed E-state index contributed by atoms with van der Waals surface area (Å²) in [6, 6.07) is 4.98. The van der Waals surface area contributed by atoms with Gasteiger partial charge in [0.1, 0.15) is 11.5 Å². The lowest BCUT2D eigenvalue weighted by Gasteiger charge is -1.98. The average Bonchev–Trinajstić information content (AvgIpc) is 2.43. The Morgan fingerprint density at radius 1 is 1.31 bits per heavy atom. The maximum atomic E-state index is 9.52. The van der Waals surface area contributed by atoms with Crippen LogP contribution >= 0.6 is 0 Å². The lowest BCUT2D eigenvalue weighted by atomic mass is 10.2. The summed E-state index contributed by atoms with van der Waals surface area (Å²) in [4.78, 5) is 0. The van der Waals surface area contributed by atoms with Crippen LogP contribution in [0.4, 0.5) is 0 Å². The summed E-state index contributed by atoms with van der Waals surface area (Å²) >= 11 is 0. The zero-order valence-corrected chi connectivity index (χ0v) is 7.36. The highest BCUT2D eigenvalue weighted by Gasteiger charge is 2.06. The van der Waals surface area contributed by atoms with Crippen molar-refractivity contribution in [2.24, 2.45) is 0 Å². The molecule has 68 valence electrons. The minimum Gasteiger partial charge on any atom is -0.508 e. The quantitative estimate of drug-likeness (QED) is 0.700. The van der Waals surface area contributed by atoms with E-state index in [0.717, 1.165) is 12.1 Å². The number of hydrogen-bond acceptors (Lipinski definition) is 2. The van der Waals surface area contributed by atoms with Crippen molar-refractivity contribution in [3.63, 3.8) is 0 Å². The number of aryl methyl sites for hydroxylation is 1. The highest BCUT2D eigenvalue weighted by molar-refractivity contribution is 5.87. The lowest BCUT2D eigenvalue weighted by molar-refractivity contribution is 0.471. The topological polar surface area (TPSA) is 45.4 Å². The van der Waals surface area contributed by atoms with Crippen LogP contribution in [-0.4, -0.2) is 14.8 Å². The molecule has 13 heavy (non-hydrogen) atoms. The van der Waals surface area contributed by atoms with E-state index in [0.29, 0.717) is 5.39 Å². The SMILES string of the molecule is CCn1cc(O)c2cc(O)ccc21. The van der Waals surface area contributed by atoms with E-state index in [2.05, 4.69) is 0 Å². The molecule has 0 radical (unpaired) electrons. The zero-order chi connectivity index (χ0) is 9.42. The highest BCUT2D eigenvalue weighted by Crippen LogP contribution is 2.29. The molecule has 0 aliphatic carbocycles. The highest BCUT2D eigenvalue weighted by atomic mass is 16.3. The van der Waals surface area contributed by atoms with E-state index in [1.807, 2.05) is 11.5 Å². The first kappa shape index (κ1) is 7.98. The molecule has 0 unspecified atom stereocenters. The number of rotatable bonds is 1. The van der Waals surface area contributed by atoms with Gasteiger partial charge in [-0.2, -0.15) is 0 Å². The molecule has 1 aromatic carbocycles. The van der Waals surface area contributed by atoms with E-state index in [4.69, 9.17) is 0 Å². The summed E-state index contributed by atoms with van der Waals surface area (Å²) in [6.07, 6.45) is 1.67. The summed E-state index contributed by atoms with van der Waals surface area (Å²) in [6.45, 7) is 2.81. The molecule has 2 aromatic rings. The van der Waals surface area contributed by atoms with Gasteiger partial charge < -0.3 is 14.8 Å². The molecular weight excluding hydrogens is 166 g/mol. The first-order valence-corrected chi connectivity index (χ1v) is 4.23. The zero-order valence-electron chi connectivity index (χ0n) is 7.36. The van der Waals surface area contributed by atoms with Crippen molar-refractivity contribution in [1.29, 1.82) is 0 Å².